The van der Waals surface area contributed by atoms with Crippen molar-refractivity contribution in [1.29, 1.82) is 0 Å². The zero-order valence-electron chi connectivity index (χ0n) is 17.5. The Hall–Kier alpha value is -3.26. The van der Waals surface area contributed by atoms with Gasteiger partial charge in [-0.1, -0.05) is 0 Å². The second-order valence-corrected chi connectivity index (χ2v) is 8.76. The van der Waals surface area contributed by atoms with Crippen LogP contribution in [0.15, 0.2) is 76.2 Å². The number of furan rings is 1. The molecule has 3 aromatic rings. The summed E-state index contributed by atoms with van der Waals surface area (Å²) in [6.07, 6.45) is 3.08. The van der Waals surface area contributed by atoms with Crippen molar-refractivity contribution in [3.8, 4) is 5.75 Å². The lowest BCUT2D eigenvalue weighted by Gasteiger charge is -2.14. The van der Waals surface area contributed by atoms with Crippen LogP contribution in [-0.2, 0) is 16.4 Å². The Morgan fingerprint density at radius 1 is 1.06 bits per heavy atom. The van der Waals surface area contributed by atoms with Gasteiger partial charge in [0.25, 0.3) is 15.9 Å². The third-order valence-corrected chi connectivity index (χ3v) is 6.02. The minimum absolute atomic E-state index is 0.0534. The summed E-state index contributed by atoms with van der Waals surface area (Å²) in [5.74, 6) is 1.28. The molecule has 0 aliphatic carbocycles. The molecule has 31 heavy (non-hydrogen) atoms. The molecule has 7 nitrogen and oxygen atoms in total. The molecule has 3 rings (SSSR count). The van der Waals surface area contributed by atoms with Crippen molar-refractivity contribution in [2.75, 3.05) is 11.3 Å². The van der Waals surface area contributed by atoms with Crippen LogP contribution in [0.1, 0.15) is 36.4 Å². The van der Waals surface area contributed by atoms with E-state index < -0.39 is 10.0 Å². The van der Waals surface area contributed by atoms with E-state index in [1.165, 1.54) is 24.3 Å². The molecule has 0 aliphatic rings. The van der Waals surface area contributed by atoms with E-state index in [1.807, 2.05) is 26.0 Å². The van der Waals surface area contributed by atoms with Gasteiger partial charge >= 0.3 is 0 Å². The SMILES string of the molecule is CCOc1ccc(NS(=O)(=O)c2ccc(C(=O)NC(C)CCc3ccco3)cc2)cc1. The lowest BCUT2D eigenvalue weighted by atomic mass is 10.1. The van der Waals surface area contributed by atoms with Crippen molar-refractivity contribution < 1.29 is 22.4 Å². The first-order valence-electron chi connectivity index (χ1n) is 10.1. The van der Waals surface area contributed by atoms with Crippen LogP contribution in [0.3, 0.4) is 0 Å². The van der Waals surface area contributed by atoms with Gasteiger partial charge in [0.05, 0.1) is 17.8 Å². The molecule has 8 heteroatoms. The van der Waals surface area contributed by atoms with Gasteiger partial charge in [0.1, 0.15) is 11.5 Å². The summed E-state index contributed by atoms with van der Waals surface area (Å²) in [6.45, 7) is 4.33. The van der Waals surface area contributed by atoms with Gasteiger partial charge in [0.15, 0.2) is 0 Å². The standard InChI is InChI=1S/C23H26N2O5S/c1-3-29-21-12-9-19(10-13-21)25-31(27,28)22-14-7-18(8-15-22)23(26)24-17(2)6-11-20-5-4-16-30-20/h4-5,7-10,12-17,25H,3,6,11H2,1-2H3,(H,24,26). The number of hydrogen-bond acceptors (Lipinski definition) is 5. The van der Waals surface area contributed by atoms with Crippen LogP contribution >= 0.6 is 0 Å². The lowest BCUT2D eigenvalue weighted by Crippen LogP contribution is -2.32. The molecule has 0 aliphatic heterocycles. The number of ether oxygens (including phenoxy) is 1. The molecule has 0 radical (unpaired) electrons. The summed E-state index contributed by atoms with van der Waals surface area (Å²) >= 11 is 0. The van der Waals surface area contributed by atoms with Crippen LogP contribution in [0.4, 0.5) is 5.69 Å². The van der Waals surface area contributed by atoms with Gasteiger partial charge in [-0.2, -0.15) is 0 Å². The number of nitrogens with one attached hydrogen (secondary N) is 2. The van der Waals surface area contributed by atoms with Crippen LogP contribution in [0.5, 0.6) is 5.75 Å². The molecule has 1 heterocycles. The van der Waals surface area contributed by atoms with E-state index in [0.717, 1.165) is 18.6 Å². The molecule has 2 aromatic carbocycles. The Balaban J connectivity index is 1.58. The number of amides is 1. The minimum atomic E-state index is -3.77. The average molecular weight is 443 g/mol. The molecule has 0 saturated heterocycles. The maximum atomic E-state index is 12.6. The Labute approximate surface area is 182 Å². The van der Waals surface area contributed by atoms with Gasteiger partial charge in [-0.3, -0.25) is 9.52 Å². The van der Waals surface area contributed by atoms with Crippen LogP contribution in [0.25, 0.3) is 0 Å². The van der Waals surface area contributed by atoms with Crippen molar-refractivity contribution in [3.63, 3.8) is 0 Å². The highest BCUT2D eigenvalue weighted by Gasteiger charge is 2.16. The summed E-state index contributed by atoms with van der Waals surface area (Å²) in [5.41, 5.74) is 0.820. The maximum Gasteiger partial charge on any atom is 0.261 e. The summed E-state index contributed by atoms with van der Waals surface area (Å²) in [4.78, 5) is 12.5. The van der Waals surface area contributed by atoms with Crippen LogP contribution in [0, 0.1) is 0 Å². The number of benzene rings is 2. The summed E-state index contributed by atoms with van der Waals surface area (Å²) < 4.78 is 38.4. The van der Waals surface area contributed by atoms with Crippen molar-refractivity contribution in [3.05, 3.63) is 78.3 Å². The number of aryl methyl sites for hydroxylation is 1. The first-order chi connectivity index (χ1) is 14.9. The van der Waals surface area contributed by atoms with Crippen molar-refractivity contribution in [1.82, 2.24) is 5.32 Å². The summed E-state index contributed by atoms with van der Waals surface area (Å²) in [6, 6.07) is 16.2. The molecule has 1 atom stereocenters. The zero-order chi connectivity index (χ0) is 22.3. The van der Waals surface area contributed by atoms with E-state index in [9.17, 15) is 13.2 Å². The molecule has 1 amide bonds. The highest BCUT2D eigenvalue weighted by Crippen LogP contribution is 2.20. The average Bonchev–Trinajstić information content (AvgIpc) is 3.27. The normalized spacial score (nSPS) is 12.2. The predicted octanol–water partition coefficient (Wildman–Crippen LogP) is 4.23. The van der Waals surface area contributed by atoms with E-state index in [1.54, 1.807) is 30.5 Å². The first-order valence-corrected chi connectivity index (χ1v) is 11.5. The van der Waals surface area contributed by atoms with Gasteiger partial charge in [0.2, 0.25) is 0 Å². The lowest BCUT2D eigenvalue weighted by molar-refractivity contribution is 0.0938. The van der Waals surface area contributed by atoms with Crippen LogP contribution < -0.4 is 14.8 Å². The third kappa shape index (κ3) is 6.36. The van der Waals surface area contributed by atoms with Gasteiger partial charge in [-0.25, -0.2) is 8.42 Å². The van der Waals surface area contributed by atoms with E-state index in [-0.39, 0.29) is 16.8 Å². The molecule has 1 aromatic heterocycles. The second-order valence-electron chi connectivity index (χ2n) is 7.08. The van der Waals surface area contributed by atoms with E-state index >= 15 is 0 Å². The quantitative estimate of drug-likeness (QED) is 0.490. The highest BCUT2D eigenvalue weighted by atomic mass is 32.2. The zero-order valence-corrected chi connectivity index (χ0v) is 18.3. The fourth-order valence-electron chi connectivity index (χ4n) is 2.98. The Bertz CT molecular complexity index is 1080. The number of carbonyl (C=O) groups is 1. The molecule has 0 fully saturated rings. The molecule has 1 unspecified atom stereocenters. The maximum absolute atomic E-state index is 12.6. The van der Waals surface area contributed by atoms with E-state index in [0.29, 0.717) is 23.6 Å². The number of carbonyl (C=O) groups excluding carboxylic acids is 1. The number of hydrogen-bond donors (Lipinski definition) is 2. The van der Waals surface area contributed by atoms with Gasteiger partial charge in [-0.15, -0.1) is 0 Å². The third-order valence-electron chi connectivity index (χ3n) is 4.63. The highest BCUT2D eigenvalue weighted by molar-refractivity contribution is 7.92. The van der Waals surface area contributed by atoms with Crippen molar-refractivity contribution in [2.45, 2.75) is 37.6 Å². The van der Waals surface area contributed by atoms with Crippen LogP contribution in [0.2, 0.25) is 0 Å². The molecule has 2 N–H and O–H groups in total. The van der Waals surface area contributed by atoms with Crippen molar-refractivity contribution >= 4 is 21.6 Å². The molecule has 0 spiro atoms. The Morgan fingerprint density at radius 2 is 1.77 bits per heavy atom. The van der Waals surface area contributed by atoms with Gasteiger partial charge < -0.3 is 14.5 Å². The summed E-state index contributed by atoms with van der Waals surface area (Å²) in [5, 5.41) is 2.91. The molecular weight excluding hydrogens is 416 g/mol. The predicted molar refractivity (Wildman–Crippen MR) is 119 cm³/mol. The molecule has 0 bridgehead atoms. The summed E-state index contributed by atoms with van der Waals surface area (Å²) in [7, 11) is -3.77. The number of sulfonamides is 1. The number of rotatable bonds is 10. The fraction of sp³-hybridized carbons (Fsp3) is 0.261. The first kappa shape index (κ1) is 22.4. The van der Waals surface area contributed by atoms with Crippen molar-refractivity contribution in [2.24, 2.45) is 0 Å². The van der Waals surface area contributed by atoms with Crippen LogP contribution in [-0.4, -0.2) is 27.0 Å². The smallest absolute Gasteiger partial charge is 0.261 e. The van der Waals surface area contributed by atoms with Gasteiger partial charge in [-0.05, 0) is 80.9 Å². The van der Waals surface area contributed by atoms with Gasteiger partial charge in [0, 0.05) is 23.7 Å². The fourth-order valence-corrected chi connectivity index (χ4v) is 4.04. The molecule has 0 saturated carbocycles. The second kappa shape index (κ2) is 10.2. The topological polar surface area (TPSA) is 97.6 Å². The largest absolute Gasteiger partial charge is 0.494 e. The Morgan fingerprint density at radius 3 is 2.39 bits per heavy atom. The Kier molecular flexibility index (Phi) is 7.36. The number of anilines is 1. The minimum Gasteiger partial charge on any atom is -0.494 e. The van der Waals surface area contributed by atoms with E-state index in [2.05, 4.69) is 10.0 Å². The molecular formula is C23H26N2O5S. The van der Waals surface area contributed by atoms with E-state index in [4.69, 9.17) is 9.15 Å². The molecule has 164 valence electrons. The monoisotopic (exact) mass is 442 g/mol.